The van der Waals surface area contributed by atoms with Gasteiger partial charge in [0.2, 0.25) is 0 Å². The standard InChI is InChI=1S/C13H23N3/c1-12(2)11-14-8-5-6-10-16-13-7-3-4-9-15-13/h3-4,7,9,12,14H,5-6,8,10-11H2,1-2H3,(H,15,16). The summed E-state index contributed by atoms with van der Waals surface area (Å²) in [7, 11) is 0. The van der Waals surface area contributed by atoms with E-state index in [1.807, 2.05) is 24.4 Å². The molecule has 0 aliphatic heterocycles. The van der Waals surface area contributed by atoms with Gasteiger partial charge in [0.25, 0.3) is 0 Å². The first-order valence-corrected chi connectivity index (χ1v) is 6.14. The summed E-state index contributed by atoms with van der Waals surface area (Å²) in [5, 5.41) is 6.75. The first kappa shape index (κ1) is 13.0. The van der Waals surface area contributed by atoms with Crippen LogP contribution in [0, 0.1) is 5.92 Å². The van der Waals surface area contributed by atoms with Crippen molar-refractivity contribution >= 4 is 5.82 Å². The van der Waals surface area contributed by atoms with Gasteiger partial charge in [0, 0.05) is 12.7 Å². The highest BCUT2D eigenvalue weighted by molar-refractivity contribution is 5.32. The number of nitrogens with one attached hydrogen (secondary N) is 2. The zero-order chi connectivity index (χ0) is 11.6. The third kappa shape index (κ3) is 6.40. The van der Waals surface area contributed by atoms with Crippen molar-refractivity contribution in [3.8, 4) is 0 Å². The molecule has 0 fully saturated rings. The molecule has 1 rings (SSSR count). The number of unbranched alkanes of at least 4 members (excludes halogenated alkanes) is 1. The van der Waals surface area contributed by atoms with E-state index in [0.717, 1.165) is 31.4 Å². The first-order chi connectivity index (χ1) is 7.79. The largest absolute Gasteiger partial charge is 0.370 e. The van der Waals surface area contributed by atoms with Crippen molar-refractivity contribution in [2.45, 2.75) is 26.7 Å². The van der Waals surface area contributed by atoms with Gasteiger partial charge >= 0.3 is 0 Å². The van der Waals surface area contributed by atoms with E-state index in [1.165, 1.54) is 12.8 Å². The zero-order valence-electron chi connectivity index (χ0n) is 10.4. The molecular weight excluding hydrogens is 198 g/mol. The van der Waals surface area contributed by atoms with Crippen molar-refractivity contribution in [2.24, 2.45) is 5.92 Å². The topological polar surface area (TPSA) is 37.0 Å². The van der Waals surface area contributed by atoms with Gasteiger partial charge in [0.15, 0.2) is 0 Å². The molecule has 0 saturated carbocycles. The van der Waals surface area contributed by atoms with Crippen LogP contribution in [0.15, 0.2) is 24.4 Å². The molecule has 2 N–H and O–H groups in total. The van der Waals surface area contributed by atoms with E-state index >= 15 is 0 Å². The van der Waals surface area contributed by atoms with E-state index in [2.05, 4.69) is 29.5 Å². The minimum Gasteiger partial charge on any atom is -0.370 e. The van der Waals surface area contributed by atoms with Crippen LogP contribution in [0.5, 0.6) is 0 Å². The summed E-state index contributed by atoms with van der Waals surface area (Å²) >= 11 is 0. The van der Waals surface area contributed by atoms with E-state index in [9.17, 15) is 0 Å². The average Bonchev–Trinajstić information content (AvgIpc) is 2.29. The number of pyridine rings is 1. The Morgan fingerprint density at radius 2 is 2.00 bits per heavy atom. The fraction of sp³-hybridized carbons (Fsp3) is 0.615. The van der Waals surface area contributed by atoms with Gasteiger partial charge in [0.05, 0.1) is 0 Å². The molecule has 0 spiro atoms. The molecule has 0 aliphatic rings. The van der Waals surface area contributed by atoms with Crippen LogP contribution in [0.2, 0.25) is 0 Å². The minimum atomic E-state index is 0.742. The van der Waals surface area contributed by atoms with Gasteiger partial charge in [-0.05, 0) is 44.0 Å². The van der Waals surface area contributed by atoms with Crippen LogP contribution in [-0.2, 0) is 0 Å². The maximum absolute atomic E-state index is 4.21. The third-order valence-corrected chi connectivity index (χ3v) is 2.30. The van der Waals surface area contributed by atoms with Gasteiger partial charge in [0.1, 0.15) is 5.82 Å². The Hall–Kier alpha value is -1.09. The summed E-state index contributed by atoms with van der Waals surface area (Å²) in [5.41, 5.74) is 0. The minimum absolute atomic E-state index is 0.742. The van der Waals surface area contributed by atoms with Crippen molar-refractivity contribution in [3.05, 3.63) is 24.4 Å². The Bertz CT molecular complexity index is 259. The lowest BCUT2D eigenvalue weighted by Gasteiger charge is -2.07. The van der Waals surface area contributed by atoms with Crippen LogP contribution < -0.4 is 10.6 Å². The highest BCUT2D eigenvalue weighted by atomic mass is 15.0. The third-order valence-electron chi connectivity index (χ3n) is 2.30. The first-order valence-electron chi connectivity index (χ1n) is 6.14. The summed E-state index contributed by atoms with van der Waals surface area (Å²) in [4.78, 5) is 4.21. The molecule has 1 aromatic heterocycles. The van der Waals surface area contributed by atoms with Crippen LogP contribution in [-0.4, -0.2) is 24.6 Å². The monoisotopic (exact) mass is 221 g/mol. The Kier molecular flexibility index (Phi) is 6.58. The van der Waals surface area contributed by atoms with Crippen molar-refractivity contribution in [1.29, 1.82) is 0 Å². The molecule has 0 aromatic carbocycles. The number of hydrogen-bond acceptors (Lipinski definition) is 3. The molecular formula is C13H23N3. The van der Waals surface area contributed by atoms with Crippen LogP contribution in [0.25, 0.3) is 0 Å². The highest BCUT2D eigenvalue weighted by Crippen LogP contribution is 2.00. The van der Waals surface area contributed by atoms with Crippen molar-refractivity contribution in [3.63, 3.8) is 0 Å². The number of aromatic nitrogens is 1. The molecule has 0 aliphatic carbocycles. The summed E-state index contributed by atoms with van der Waals surface area (Å²) in [6.45, 7) is 7.70. The lowest BCUT2D eigenvalue weighted by molar-refractivity contribution is 0.538. The lowest BCUT2D eigenvalue weighted by atomic mass is 10.2. The second-order valence-electron chi connectivity index (χ2n) is 4.45. The molecule has 1 aromatic rings. The average molecular weight is 221 g/mol. The Morgan fingerprint density at radius 3 is 2.69 bits per heavy atom. The van der Waals surface area contributed by atoms with Crippen molar-refractivity contribution in [2.75, 3.05) is 25.0 Å². The SMILES string of the molecule is CC(C)CNCCCCNc1ccccn1. The predicted octanol–water partition coefficient (Wildman–Crippen LogP) is 2.52. The summed E-state index contributed by atoms with van der Waals surface area (Å²) in [6.07, 6.45) is 4.21. The summed E-state index contributed by atoms with van der Waals surface area (Å²) in [6, 6.07) is 5.93. The number of hydrogen-bond donors (Lipinski definition) is 2. The fourth-order valence-electron chi connectivity index (χ4n) is 1.45. The highest BCUT2D eigenvalue weighted by Gasteiger charge is 1.93. The van der Waals surface area contributed by atoms with Crippen LogP contribution in [0.3, 0.4) is 0 Å². The smallest absolute Gasteiger partial charge is 0.125 e. The number of anilines is 1. The molecule has 0 unspecified atom stereocenters. The maximum Gasteiger partial charge on any atom is 0.125 e. The van der Waals surface area contributed by atoms with Crippen LogP contribution in [0.4, 0.5) is 5.82 Å². The van der Waals surface area contributed by atoms with E-state index in [4.69, 9.17) is 0 Å². The van der Waals surface area contributed by atoms with Gasteiger partial charge in [-0.3, -0.25) is 0 Å². The summed E-state index contributed by atoms with van der Waals surface area (Å²) in [5.74, 6) is 1.71. The van der Waals surface area contributed by atoms with Gasteiger partial charge in [-0.2, -0.15) is 0 Å². The lowest BCUT2D eigenvalue weighted by Crippen LogP contribution is -2.21. The summed E-state index contributed by atoms with van der Waals surface area (Å²) < 4.78 is 0. The predicted molar refractivity (Wildman–Crippen MR) is 69.7 cm³/mol. The zero-order valence-corrected chi connectivity index (χ0v) is 10.4. The molecule has 1 heterocycles. The van der Waals surface area contributed by atoms with Gasteiger partial charge < -0.3 is 10.6 Å². The van der Waals surface area contributed by atoms with E-state index < -0.39 is 0 Å². The molecule has 0 bridgehead atoms. The molecule has 0 atom stereocenters. The van der Waals surface area contributed by atoms with Gasteiger partial charge in [-0.1, -0.05) is 19.9 Å². The molecule has 0 amide bonds. The Balaban J connectivity index is 1.93. The van der Waals surface area contributed by atoms with E-state index in [-0.39, 0.29) is 0 Å². The molecule has 0 saturated heterocycles. The molecule has 0 radical (unpaired) electrons. The molecule has 90 valence electrons. The number of rotatable bonds is 8. The molecule has 16 heavy (non-hydrogen) atoms. The maximum atomic E-state index is 4.21. The second-order valence-corrected chi connectivity index (χ2v) is 4.45. The number of nitrogens with zero attached hydrogens (tertiary/aromatic N) is 1. The second kappa shape index (κ2) is 8.11. The fourth-order valence-corrected chi connectivity index (χ4v) is 1.45. The van der Waals surface area contributed by atoms with Gasteiger partial charge in [-0.25, -0.2) is 4.98 Å². The van der Waals surface area contributed by atoms with E-state index in [1.54, 1.807) is 0 Å². The van der Waals surface area contributed by atoms with Gasteiger partial charge in [-0.15, -0.1) is 0 Å². The van der Waals surface area contributed by atoms with E-state index in [0.29, 0.717) is 0 Å². The Labute approximate surface area is 98.7 Å². The quantitative estimate of drug-likeness (QED) is 0.662. The van der Waals surface area contributed by atoms with Crippen molar-refractivity contribution < 1.29 is 0 Å². The van der Waals surface area contributed by atoms with Crippen LogP contribution in [0.1, 0.15) is 26.7 Å². The normalized spacial score (nSPS) is 10.7. The Morgan fingerprint density at radius 1 is 1.19 bits per heavy atom. The molecule has 3 heteroatoms. The molecule has 3 nitrogen and oxygen atoms in total. The van der Waals surface area contributed by atoms with Crippen LogP contribution >= 0.6 is 0 Å². The van der Waals surface area contributed by atoms with Crippen molar-refractivity contribution in [1.82, 2.24) is 10.3 Å².